The number of rotatable bonds is 7. The number of halogens is 1. The second kappa shape index (κ2) is 7.00. The minimum atomic E-state index is -0.393. The molecule has 0 atom stereocenters. The van der Waals surface area contributed by atoms with Crippen LogP contribution in [0.3, 0.4) is 0 Å². The Bertz CT molecular complexity index is 557. The van der Waals surface area contributed by atoms with Crippen molar-refractivity contribution in [3.05, 3.63) is 41.4 Å². The van der Waals surface area contributed by atoms with Gasteiger partial charge in [-0.25, -0.2) is 4.39 Å². The molecule has 5 nitrogen and oxygen atoms in total. The van der Waals surface area contributed by atoms with Gasteiger partial charge in [0.05, 0.1) is 0 Å². The van der Waals surface area contributed by atoms with Gasteiger partial charge >= 0.3 is 0 Å². The van der Waals surface area contributed by atoms with E-state index >= 15 is 0 Å². The number of aryl methyl sites for hydroxylation is 1. The van der Waals surface area contributed by atoms with Crippen molar-refractivity contribution in [1.82, 2.24) is 15.5 Å². The van der Waals surface area contributed by atoms with Crippen LogP contribution in [-0.2, 0) is 19.6 Å². The zero-order valence-electron chi connectivity index (χ0n) is 11.6. The Labute approximate surface area is 117 Å². The lowest BCUT2D eigenvalue weighted by Crippen LogP contribution is -2.11. The summed E-state index contributed by atoms with van der Waals surface area (Å²) in [6, 6.07) is 4.90. The molecule has 0 radical (unpaired) electrons. The van der Waals surface area contributed by atoms with E-state index in [0.717, 1.165) is 12.1 Å². The van der Waals surface area contributed by atoms with Crippen LogP contribution < -0.4 is 10.1 Å². The zero-order chi connectivity index (χ0) is 14.4. The van der Waals surface area contributed by atoms with E-state index in [0.29, 0.717) is 24.7 Å². The molecule has 0 amide bonds. The summed E-state index contributed by atoms with van der Waals surface area (Å²) in [6.45, 7) is 5.47. The van der Waals surface area contributed by atoms with E-state index in [-0.39, 0.29) is 12.4 Å². The van der Waals surface area contributed by atoms with Crippen molar-refractivity contribution in [3.63, 3.8) is 0 Å². The monoisotopic (exact) mass is 279 g/mol. The van der Waals surface area contributed by atoms with Crippen LogP contribution in [0.15, 0.2) is 22.6 Å². The zero-order valence-corrected chi connectivity index (χ0v) is 11.6. The summed E-state index contributed by atoms with van der Waals surface area (Å²) in [4.78, 5) is 0. The van der Waals surface area contributed by atoms with Crippen molar-refractivity contribution in [2.24, 2.45) is 0 Å². The molecule has 1 aromatic carbocycles. The molecule has 0 aliphatic rings. The first-order valence-corrected chi connectivity index (χ1v) is 6.66. The predicted molar refractivity (Wildman–Crippen MR) is 71.8 cm³/mol. The second-order valence-electron chi connectivity index (χ2n) is 4.28. The molecule has 0 aliphatic heterocycles. The maximum Gasteiger partial charge on any atom is 0.253 e. The van der Waals surface area contributed by atoms with Gasteiger partial charge in [0.25, 0.3) is 5.89 Å². The maximum atomic E-state index is 13.8. The van der Waals surface area contributed by atoms with Gasteiger partial charge in [-0.1, -0.05) is 19.9 Å². The largest absolute Gasteiger partial charge is 0.481 e. The molecule has 0 saturated carbocycles. The van der Waals surface area contributed by atoms with E-state index in [9.17, 15) is 4.39 Å². The normalized spacial score (nSPS) is 10.8. The van der Waals surface area contributed by atoms with Crippen molar-refractivity contribution < 1.29 is 13.5 Å². The Hall–Kier alpha value is -1.95. The highest BCUT2D eigenvalue weighted by atomic mass is 19.1. The first kappa shape index (κ1) is 14.5. The summed E-state index contributed by atoms with van der Waals surface area (Å²) in [7, 11) is 0. The van der Waals surface area contributed by atoms with Crippen molar-refractivity contribution in [1.29, 1.82) is 0 Å². The highest BCUT2D eigenvalue weighted by Crippen LogP contribution is 2.19. The van der Waals surface area contributed by atoms with Gasteiger partial charge in [-0.3, -0.25) is 0 Å². The van der Waals surface area contributed by atoms with E-state index in [1.54, 1.807) is 6.07 Å². The first-order chi connectivity index (χ1) is 9.72. The molecule has 0 spiro atoms. The fourth-order valence-electron chi connectivity index (χ4n) is 1.67. The van der Waals surface area contributed by atoms with Gasteiger partial charge in [0, 0.05) is 13.0 Å². The summed E-state index contributed by atoms with van der Waals surface area (Å²) in [5.74, 6) is 0.681. The number of aromatic nitrogens is 2. The molecule has 0 fully saturated rings. The van der Waals surface area contributed by atoms with Gasteiger partial charge in [-0.05, 0) is 24.2 Å². The second-order valence-corrected chi connectivity index (χ2v) is 4.28. The molecule has 0 aliphatic carbocycles. The molecule has 0 bridgehead atoms. The standard InChI is InChI=1S/C14H18FN3O2/c1-3-13-17-18-14(20-13)9-19-12-6-5-10(7-11(12)15)8-16-4-2/h5-7,16H,3-4,8-9H2,1-2H3. The maximum absolute atomic E-state index is 13.8. The van der Waals surface area contributed by atoms with Crippen LogP contribution in [-0.4, -0.2) is 16.7 Å². The van der Waals surface area contributed by atoms with Crippen molar-refractivity contribution in [2.45, 2.75) is 33.4 Å². The van der Waals surface area contributed by atoms with E-state index in [1.807, 2.05) is 19.9 Å². The molecule has 2 aromatic rings. The molecular formula is C14H18FN3O2. The van der Waals surface area contributed by atoms with Crippen molar-refractivity contribution >= 4 is 0 Å². The topological polar surface area (TPSA) is 60.2 Å². The average Bonchev–Trinajstić information content (AvgIpc) is 2.92. The Kier molecular flexibility index (Phi) is 5.06. The van der Waals surface area contributed by atoms with Crippen molar-refractivity contribution in [3.8, 4) is 5.75 Å². The number of nitrogens with zero attached hydrogens (tertiary/aromatic N) is 2. The summed E-state index contributed by atoms with van der Waals surface area (Å²) in [5, 5.41) is 10.8. The van der Waals surface area contributed by atoms with Gasteiger partial charge in [-0.2, -0.15) is 0 Å². The van der Waals surface area contributed by atoms with Crippen LogP contribution in [0.25, 0.3) is 0 Å². The lowest BCUT2D eigenvalue weighted by atomic mass is 10.2. The predicted octanol–water partition coefficient (Wildman–Crippen LogP) is 2.46. The van der Waals surface area contributed by atoms with Crippen LogP contribution in [0.5, 0.6) is 5.75 Å². The third-order valence-corrected chi connectivity index (χ3v) is 2.74. The molecule has 6 heteroatoms. The summed E-state index contributed by atoms with van der Waals surface area (Å²) in [6.07, 6.45) is 0.667. The Morgan fingerprint density at radius 3 is 2.70 bits per heavy atom. The molecule has 1 N–H and O–H groups in total. The van der Waals surface area contributed by atoms with Gasteiger partial charge in [0.15, 0.2) is 18.2 Å². The lowest BCUT2D eigenvalue weighted by Gasteiger charge is -2.07. The quantitative estimate of drug-likeness (QED) is 0.843. The van der Waals surface area contributed by atoms with Crippen LogP contribution in [0.2, 0.25) is 0 Å². The molecule has 0 unspecified atom stereocenters. The number of hydrogen-bond acceptors (Lipinski definition) is 5. The number of hydrogen-bond donors (Lipinski definition) is 1. The summed E-state index contributed by atoms with van der Waals surface area (Å²) < 4.78 is 24.5. The Balaban J connectivity index is 1.95. The summed E-state index contributed by atoms with van der Waals surface area (Å²) >= 11 is 0. The molecule has 0 saturated heterocycles. The minimum absolute atomic E-state index is 0.0659. The van der Waals surface area contributed by atoms with E-state index < -0.39 is 5.82 Å². The number of benzene rings is 1. The number of ether oxygens (including phenoxy) is 1. The smallest absolute Gasteiger partial charge is 0.253 e. The van der Waals surface area contributed by atoms with Gasteiger partial charge < -0.3 is 14.5 Å². The SMILES string of the molecule is CCNCc1ccc(OCc2nnc(CC)o2)c(F)c1. The Morgan fingerprint density at radius 1 is 1.25 bits per heavy atom. The third kappa shape index (κ3) is 3.77. The molecule has 108 valence electrons. The van der Waals surface area contributed by atoms with Crippen LogP contribution in [0, 0.1) is 5.82 Å². The third-order valence-electron chi connectivity index (χ3n) is 2.74. The highest BCUT2D eigenvalue weighted by molar-refractivity contribution is 5.29. The van der Waals surface area contributed by atoms with Gasteiger partial charge in [0.1, 0.15) is 0 Å². The number of nitrogens with one attached hydrogen (secondary N) is 1. The lowest BCUT2D eigenvalue weighted by molar-refractivity contribution is 0.248. The molecular weight excluding hydrogens is 261 g/mol. The minimum Gasteiger partial charge on any atom is -0.481 e. The fourth-order valence-corrected chi connectivity index (χ4v) is 1.67. The molecule has 1 aromatic heterocycles. The summed E-state index contributed by atoms with van der Waals surface area (Å²) in [5.41, 5.74) is 0.878. The van der Waals surface area contributed by atoms with E-state index in [2.05, 4.69) is 15.5 Å². The Morgan fingerprint density at radius 2 is 2.05 bits per heavy atom. The molecule has 20 heavy (non-hydrogen) atoms. The fraction of sp³-hybridized carbons (Fsp3) is 0.429. The molecule has 1 heterocycles. The van der Waals surface area contributed by atoms with Crippen LogP contribution in [0.4, 0.5) is 4.39 Å². The first-order valence-electron chi connectivity index (χ1n) is 6.66. The van der Waals surface area contributed by atoms with Crippen LogP contribution in [0.1, 0.15) is 31.2 Å². The highest BCUT2D eigenvalue weighted by Gasteiger charge is 2.08. The van der Waals surface area contributed by atoms with Gasteiger partial charge in [-0.15, -0.1) is 10.2 Å². The average molecular weight is 279 g/mol. The van der Waals surface area contributed by atoms with Crippen LogP contribution >= 0.6 is 0 Å². The molecule has 2 rings (SSSR count). The van der Waals surface area contributed by atoms with Gasteiger partial charge in [0.2, 0.25) is 5.89 Å². The van der Waals surface area contributed by atoms with E-state index in [4.69, 9.17) is 9.15 Å². The van der Waals surface area contributed by atoms with E-state index in [1.165, 1.54) is 6.07 Å². The van der Waals surface area contributed by atoms with Crippen molar-refractivity contribution in [2.75, 3.05) is 6.54 Å².